The second-order valence-corrected chi connectivity index (χ2v) is 5.34. The smallest absolute Gasteiger partial charge is 0.408 e. The van der Waals surface area contributed by atoms with Gasteiger partial charge in [-0.15, -0.1) is 0 Å². The summed E-state index contributed by atoms with van der Waals surface area (Å²) in [6.45, 7) is 5.42. The average molecular weight is 280 g/mol. The predicted molar refractivity (Wildman–Crippen MR) is 72.6 cm³/mol. The molecule has 0 atom stereocenters. The second-order valence-electron chi connectivity index (χ2n) is 5.34. The van der Waals surface area contributed by atoms with Gasteiger partial charge in [-0.3, -0.25) is 4.90 Å². The van der Waals surface area contributed by atoms with E-state index < -0.39 is 17.4 Å². The first-order chi connectivity index (χ1) is 9.25. The first kappa shape index (κ1) is 15.8. The molecule has 0 radical (unpaired) electrons. The minimum Gasteiger partial charge on any atom is -0.465 e. The van der Waals surface area contributed by atoms with Crippen LogP contribution >= 0.6 is 0 Å². The molecule has 1 rings (SSSR count). The monoisotopic (exact) mass is 280 g/mol. The molecule has 0 aliphatic carbocycles. The molecule has 0 heterocycles. The Kier molecular flexibility index (Phi) is 4.94. The molecule has 1 N–H and O–H groups in total. The lowest BCUT2D eigenvalue weighted by Gasteiger charge is -2.33. The molecule has 0 bridgehead atoms. The molecule has 0 aliphatic rings. The van der Waals surface area contributed by atoms with Crippen LogP contribution < -0.4 is 0 Å². The van der Waals surface area contributed by atoms with Crippen molar-refractivity contribution in [2.45, 2.75) is 39.4 Å². The number of hydrogen-bond acceptors (Lipinski definition) is 2. The number of azide groups is 1. The van der Waals surface area contributed by atoms with Gasteiger partial charge in [0.2, 0.25) is 0 Å². The lowest BCUT2D eigenvalue weighted by molar-refractivity contribution is 0.0954. The molecule has 0 spiro atoms. The molecule has 20 heavy (non-hydrogen) atoms. The Balaban J connectivity index is 3.12. The van der Waals surface area contributed by atoms with Gasteiger partial charge in [0.15, 0.2) is 0 Å². The molecule has 0 unspecified atom stereocenters. The number of halogens is 1. The maximum Gasteiger partial charge on any atom is 0.408 e. The Morgan fingerprint density at radius 3 is 2.60 bits per heavy atom. The van der Waals surface area contributed by atoms with Crippen molar-refractivity contribution in [3.8, 4) is 0 Å². The molecule has 1 aromatic rings. The highest BCUT2D eigenvalue weighted by Gasteiger charge is 2.26. The fraction of sp³-hybridized carbons (Fsp3) is 0.462. The molecule has 0 fully saturated rings. The second kappa shape index (κ2) is 6.25. The molecule has 0 saturated heterocycles. The van der Waals surface area contributed by atoms with Crippen molar-refractivity contribution in [1.82, 2.24) is 4.90 Å². The number of amides is 1. The third kappa shape index (κ3) is 4.13. The molecule has 108 valence electrons. The van der Waals surface area contributed by atoms with E-state index in [1.807, 2.05) is 0 Å². The van der Waals surface area contributed by atoms with Gasteiger partial charge in [-0.2, -0.15) is 0 Å². The molecule has 0 aliphatic heterocycles. The summed E-state index contributed by atoms with van der Waals surface area (Å²) in [6, 6.07) is 4.03. The van der Waals surface area contributed by atoms with E-state index in [1.165, 1.54) is 23.1 Å². The van der Waals surface area contributed by atoms with Gasteiger partial charge in [0, 0.05) is 17.0 Å². The van der Waals surface area contributed by atoms with Crippen molar-refractivity contribution < 1.29 is 14.3 Å². The van der Waals surface area contributed by atoms with Crippen molar-refractivity contribution in [2.24, 2.45) is 5.11 Å². The zero-order valence-corrected chi connectivity index (χ0v) is 11.7. The standard InChI is InChI=1S/C13H17FN4O2/c1-13(2,3)18(12(19)20)8-9-4-5-11(14)6-10(9)7-16-17-15/h4-6H,7-8H2,1-3H3,(H,19,20). The van der Waals surface area contributed by atoms with E-state index in [4.69, 9.17) is 5.53 Å². The van der Waals surface area contributed by atoms with Crippen molar-refractivity contribution in [1.29, 1.82) is 0 Å². The molecule has 6 nitrogen and oxygen atoms in total. The number of hydrogen-bond donors (Lipinski definition) is 1. The maximum atomic E-state index is 13.2. The summed E-state index contributed by atoms with van der Waals surface area (Å²) in [7, 11) is 0. The topological polar surface area (TPSA) is 89.3 Å². The van der Waals surface area contributed by atoms with E-state index in [-0.39, 0.29) is 13.1 Å². The normalized spacial score (nSPS) is 10.8. The van der Waals surface area contributed by atoms with Gasteiger partial charge in [0.05, 0.1) is 6.54 Å². The highest BCUT2D eigenvalue weighted by atomic mass is 19.1. The van der Waals surface area contributed by atoms with E-state index in [0.717, 1.165) is 0 Å². The van der Waals surface area contributed by atoms with E-state index in [9.17, 15) is 14.3 Å². The summed E-state index contributed by atoms with van der Waals surface area (Å²) in [5.74, 6) is -0.450. The van der Waals surface area contributed by atoms with Crippen molar-refractivity contribution in [3.63, 3.8) is 0 Å². The van der Waals surface area contributed by atoms with Gasteiger partial charge >= 0.3 is 6.09 Å². The Bertz CT molecular complexity index is 548. The molecule has 0 aromatic heterocycles. The highest BCUT2D eigenvalue weighted by molar-refractivity contribution is 5.66. The minimum absolute atomic E-state index is 0.0127. The van der Waals surface area contributed by atoms with Crippen LogP contribution in [0.1, 0.15) is 31.9 Å². The highest BCUT2D eigenvalue weighted by Crippen LogP contribution is 2.21. The summed E-state index contributed by atoms with van der Waals surface area (Å²) >= 11 is 0. The minimum atomic E-state index is -1.06. The van der Waals surface area contributed by atoms with Crippen LogP contribution in [0.15, 0.2) is 23.3 Å². The zero-order chi connectivity index (χ0) is 15.3. The first-order valence-electron chi connectivity index (χ1n) is 6.04. The fourth-order valence-electron chi connectivity index (χ4n) is 1.77. The average Bonchev–Trinajstić information content (AvgIpc) is 2.33. The van der Waals surface area contributed by atoms with Gasteiger partial charge in [-0.05, 0) is 49.6 Å². The van der Waals surface area contributed by atoms with Crippen molar-refractivity contribution in [2.75, 3.05) is 0 Å². The largest absolute Gasteiger partial charge is 0.465 e. The third-order valence-corrected chi connectivity index (χ3v) is 2.84. The first-order valence-corrected chi connectivity index (χ1v) is 6.04. The van der Waals surface area contributed by atoms with Crippen LogP contribution in [0.5, 0.6) is 0 Å². The molecule has 1 amide bonds. The lowest BCUT2D eigenvalue weighted by atomic mass is 10.0. The predicted octanol–water partition coefficient (Wildman–Crippen LogP) is 3.91. The van der Waals surface area contributed by atoms with Gasteiger partial charge in [0.1, 0.15) is 5.82 Å². The van der Waals surface area contributed by atoms with Crippen LogP contribution in [0.4, 0.5) is 9.18 Å². The molecule has 1 aromatic carbocycles. The summed E-state index contributed by atoms with van der Waals surface area (Å²) in [5.41, 5.74) is 8.87. The van der Waals surface area contributed by atoms with Gasteiger partial charge in [-0.25, -0.2) is 9.18 Å². The Morgan fingerprint density at radius 1 is 1.45 bits per heavy atom. The molecule has 7 heteroatoms. The summed E-state index contributed by atoms with van der Waals surface area (Å²) in [4.78, 5) is 15.2. The number of carbonyl (C=O) groups is 1. The molecule has 0 saturated carbocycles. The lowest BCUT2D eigenvalue weighted by Crippen LogP contribution is -2.44. The molecular weight excluding hydrogens is 263 g/mol. The van der Waals surface area contributed by atoms with E-state index in [0.29, 0.717) is 11.1 Å². The number of nitrogens with zero attached hydrogens (tertiary/aromatic N) is 4. The molecular formula is C13H17FN4O2. The van der Waals surface area contributed by atoms with Crippen LogP contribution in [-0.4, -0.2) is 21.6 Å². The maximum absolute atomic E-state index is 13.2. The van der Waals surface area contributed by atoms with E-state index in [1.54, 1.807) is 20.8 Å². The van der Waals surface area contributed by atoms with E-state index >= 15 is 0 Å². The van der Waals surface area contributed by atoms with Crippen LogP contribution in [-0.2, 0) is 13.1 Å². The number of carboxylic acid groups (broad SMARTS) is 1. The van der Waals surface area contributed by atoms with Crippen LogP contribution in [0.2, 0.25) is 0 Å². The van der Waals surface area contributed by atoms with E-state index in [2.05, 4.69) is 10.0 Å². The zero-order valence-electron chi connectivity index (χ0n) is 11.7. The van der Waals surface area contributed by atoms with Gasteiger partial charge < -0.3 is 5.11 Å². The number of benzene rings is 1. The Labute approximate surface area is 116 Å². The van der Waals surface area contributed by atoms with Gasteiger partial charge in [-0.1, -0.05) is 11.2 Å². The van der Waals surface area contributed by atoms with Crippen LogP contribution in [0, 0.1) is 5.82 Å². The summed E-state index contributed by atoms with van der Waals surface area (Å²) < 4.78 is 13.2. The van der Waals surface area contributed by atoms with Crippen molar-refractivity contribution >= 4 is 6.09 Å². The SMILES string of the molecule is CC(C)(C)N(Cc1ccc(F)cc1CN=[N+]=[N-])C(=O)O. The Hall–Kier alpha value is -2.27. The summed E-state index contributed by atoms with van der Waals surface area (Å²) in [6.07, 6.45) is -1.06. The van der Waals surface area contributed by atoms with Gasteiger partial charge in [0.25, 0.3) is 0 Å². The Morgan fingerprint density at radius 2 is 2.10 bits per heavy atom. The van der Waals surface area contributed by atoms with Crippen molar-refractivity contribution in [3.05, 3.63) is 45.6 Å². The quantitative estimate of drug-likeness (QED) is 0.514. The van der Waals surface area contributed by atoms with Crippen LogP contribution in [0.25, 0.3) is 10.4 Å². The number of rotatable bonds is 4. The summed E-state index contributed by atoms with van der Waals surface area (Å²) in [5, 5.41) is 12.7. The third-order valence-electron chi connectivity index (χ3n) is 2.84. The fourth-order valence-corrected chi connectivity index (χ4v) is 1.77. The van der Waals surface area contributed by atoms with Crippen LogP contribution in [0.3, 0.4) is 0 Å².